The number of rotatable bonds is 7. The fourth-order valence-electron chi connectivity index (χ4n) is 5.65. The molecule has 2 atom stereocenters. The van der Waals surface area contributed by atoms with Crippen LogP contribution in [0.4, 0.5) is 0 Å². The standard InChI is InChI=1S/C30H33NO5/c1-19-27(30(33)36-22-11-6-7-12-22)28(29-23(31-19)13-8-14-24(29)32)21-15-16-25(26(17-21)34-2)35-18-20-9-4-3-5-10-20/h3-5,9-10,15-17,22,27-28H,6-8,11-14,18H2,1-2H3/t27?,28-/m1/s1. The second kappa shape index (κ2) is 10.7. The maximum Gasteiger partial charge on any atom is 0.315 e. The summed E-state index contributed by atoms with van der Waals surface area (Å²) in [5.74, 6) is -0.123. The van der Waals surface area contributed by atoms with Gasteiger partial charge < -0.3 is 14.2 Å². The van der Waals surface area contributed by atoms with Crippen LogP contribution in [0.5, 0.6) is 11.5 Å². The van der Waals surface area contributed by atoms with E-state index in [2.05, 4.69) is 0 Å². The third-order valence-electron chi connectivity index (χ3n) is 7.46. The van der Waals surface area contributed by atoms with Crippen molar-refractivity contribution in [1.82, 2.24) is 0 Å². The Morgan fingerprint density at radius 3 is 2.53 bits per heavy atom. The molecule has 1 unspecified atom stereocenters. The lowest BCUT2D eigenvalue weighted by Gasteiger charge is -2.35. The number of ether oxygens (including phenoxy) is 3. The molecule has 1 saturated carbocycles. The topological polar surface area (TPSA) is 74.2 Å². The number of allylic oxidation sites excluding steroid dienone is 2. The summed E-state index contributed by atoms with van der Waals surface area (Å²) in [7, 11) is 1.60. The van der Waals surface area contributed by atoms with Crippen molar-refractivity contribution in [2.24, 2.45) is 10.9 Å². The van der Waals surface area contributed by atoms with Crippen LogP contribution in [0.2, 0.25) is 0 Å². The van der Waals surface area contributed by atoms with Crippen LogP contribution in [-0.2, 0) is 20.9 Å². The Morgan fingerprint density at radius 2 is 1.78 bits per heavy atom. The molecule has 36 heavy (non-hydrogen) atoms. The van der Waals surface area contributed by atoms with E-state index in [0.717, 1.165) is 55.3 Å². The zero-order valence-electron chi connectivity index (χ0n) is 21.0. The molecular weight excluding hydrogens is 454 g/mol. The summed E-state index contributed by atoms with van der Waals surface area (Å²) < 4.78 is 17.7. The molecular formula is C30H33NO5. The minimum absolute atomic E-state index is 0.0494. The van der Waals surface area contributed by atoms with Crippen LogP contribution in [0.1, 0.15) is 68.9 Å². The van der Waals surface area contributed by atoms with Crippen molar-refractivity contribution in [2.45, 2.75) is 70.5 Å². The Morgan fingerprint density at radius 1 is 1.00 bits per heavy atom. The van der Waals surface area contributed by atoms with Crippen molar-refractivity contribution >= 4 is 17.5 Å². The van der Waals surface area contributed by atoms with Gasteiger partial charge in [0, 0.05) is 29.3 Å². The van der Waals surface area contributed by atoms with Crippen LogP contribution in [-0.4, -0.2) is 30.7 Å². The Hall–Kier alpha value is -3.41. The highest BCUT2D eigenvalue weighted by molar-refractivity contribution is 6.08. The van der Waals surface area contributed by atoms with Gasteiger partial charge in [-0.1, -0.05) is 36.4 Å². The van der Waals surface area contributed by atoms with Gasteiger partial charge in [0.25, 0.3) is 0 Å². The monoisotopic (exact) mass is 487 g/mol. The van der Waals surface area contributed by atoms with E-state index in [4.69, 9.17) is 19.2 Å². The Balaban J connectivity index is 1.49. The minimum atomic E-state index is -0.632. The van der Waals surface area contributed by atoms with Gasteiger partial charge in [-0.3, -0.25) is 14.6 Å². The van der Waals surface area contributed by atoms with Gasteiger partial charge in [0.05, 0.1) is 7.11 Å². The molecule has 0 spiro atoms. The Kier molecular flexibility index (Phi) is 7.21. The van der Waals surface area contributed by atoms with E-state index in [1.54, 1.807) is 7.11 Å². The van der Waals surface area contributed by atoms with Crippen molar-refractivity contribution in [3.05, 3.63) is 70.9 Å². The molecule has 0 bridgehead atoms. The minimum Gasteiger partial charge on any atom is -0.493 e. The molecule has 0 saturated heterocycles. The number of Topliss-reactive ketones (excluding diaryl/α,β-unsaturated/α-hetero) is 1. The number of carbonyl (C=O) groups excluding carboxylic acids is 2. The van der Waals surface area contributed by atoms with Crippen molar-refractivity contribution in [1.29, 1.82) is 0 Å². The van der Waals surface area contributed by atoms with Gasteiger partial charge in [-0.05, 0) is 68.7 Å². The fraction of sp³-hybridized carbons (Fsp3) is 0.433. The summed E-state index contributed by atoms with van der Waals surface area (Å²) in [6.07, 6.45) is 5.91. The highest BCUT2D eigenvalue weighted by Crippen LogP contribution is 2.45. The van der Waals surface area contributed by atoms with E-state index >= 15 is 0 Å². The summed E-state index contributed by atoms with van der Waals surface area (Å²) >= 11 is 0. The predicted molar refractivity (Wildman–Crippen MR) is 137 cm³/mol. The van der Waals surface area contributed by atoms with Crippen LogP contribution in [0.25, 0.3) is 0 Å². The number of methoxy groups -OCH3 is 1. The molecule has 3 aliphatic rings. The van der Waals surface area contributed by atoms with Crippen molar-refractivity contribution < 1.29 is 23.8 Å². The molecule has 2 aromatic carbocycles. The summed E-state index contributed by atoms with van der Waals surface area (Å²) in [4.78, 5) is 31.4. The SMILES string of the molecule is COc1cc([C@H]2C3=C(CCCC3=O)N=C(C)C2C(=O)OC2CCCC2)ccc1OCc1ccccc1. The van der Waals surface area contributed by atoms with Gasteiger partial charge >= 0.3 is 5.97 Å². The molecule has 2 aromatic rings. The van der Waals surface area contributed by atoms with E-state index < -0.39 is 11.8 Å². The van der Waals surface area contributed by atoms with Crippen LogP contribution in [0, 0.1) is 5.92 Å². The normalized spacial score (nSPS) is 22.2. The lowest BCUT2D eigenvalue weighted by Crippen LogP contribution is -2.38. The third-order valence-corrected chi connectivity index (χ3v) is 7.46. The van der Waals surface area contributed by atoms with Gasteiger partial charge in [-0.25, -0.2) is 0 Å². The number of aliphatic imine (C=N–C) groups is 1. The smallest absolute Gasteiger partial charge is 0.315 e. The van der Waals surface area contributed by atoms with E-state index in [-0.39, 0.29) is 17.9 Å². The average Bonchev–Trinajstić information content (AvgIpc) is 3.40. The first-order valence-corrected chi connectivity index (χ1v) is 12.9. The quantitative estimate of drug-likeness (QED) is 0.452. The number of ketones is 1. The van der Waals surface area contributed by atoms with E-state index in [9.17, 15) is 9.59 Å². The van der Waals surface area contributed by atoms with E-state index in [1.807, 2.05) is 55.5 Å². The van der Waals surface area contributed by atoms with Crippen LogP contribution >= 0.6 is 0 Å². The third kappa shape index (κ3) is 4.95. The molecule has 0 N–H and O–H groups in total. The van der Waals surface area contributed by atoms with Gasteiger partial charge in [0.2, 0.25) is 0 Å². The molecule has 188 valence electrons. The summed E-state index contributed by atoms with van der Waals surface area (Å²) in [5, 5.41) is 0. The second-order valence-corrected chi connectivity index (χ2v) is 9.87. The average molecular weight is 488 g/mol. The molecule has 1 heterocycles. The zero-order chi connectivity index (χ0) is 25.1. The number of hydrogen-bond donors (Lipinski definition) is 0. The Labute approximate surface area is 212 Å². The molecule has 6 heteroatoms. The van der Waals surface area contributed by atoms with Crippen LogP contribution in [0.3, 0.4) is 0 Å². The maximum absolute atomic E-state index is 13.5. The molecule has 5 rings (SSSR count). The number of carbonyl (C=O) groups is 2. The summed E-state index contributed by atoms with van der Waals surface area (Å²) in [6.45, 7) is 2.29. The van der Waals surface area contributed by atoms with E-state index in [1.165, 1.54) is 0 Å². The van der Waals surface area contributed by atoms with Gasteiger partial charge in [0.1, 0.15) is 18.6 Å². The first-order valence-electron chi connectivity index (χ1n) is 12.9. The number of nitrogens with zero attached hydrogens (tertiary/aromatic N) is 1. The lowest BCUT2D eigenvalue weighted by atomic mass is 9.71. The number of esters is 1. The lowest BCUT2D eigenvalue weighted by molar-refractivity contribution is -0.151. The molecule has 0 amide bonds. The fourth-order valence-corrected chi connectivity index (χ4v) is 5.65. The van der Waals surface area contributed by atoms with E-state index in [0.29, 0.717) is 35.8 Å². The van der Waals surface area contributed by atoms with Crippen molar-refractivity contribution in [2.75, 3.05) is 7.11 Å². The molecule has 0 aromatic heterocycles. The first kappa shape index (κ1) is 24.3. The van der Waals surface area contributed by atoms with Crippen molar-refractivity contribution in [3.8, 4) is 11.5 Å². The summed E-state index contributed by atoms with van der Waals surface area (Å²) in [6, 6.07) is 15.6. The maximum atomic E-state index is 13.5. The number of hydrogen-bond acceptors (Lipinski definition) is 6. The van der Waals surface area contributed by atoms with Gasteiger partial charge in [-0.15, -0.1) is 0 Å². The summed E-state index contributed by atoms with van der Waals surface area (Å²) in [5.41, 5.74) is 4.06. The molecule has 6 nitrogen and oxygen atoms in total. The first-order chi connectivity index (χ1) is 17.5. The number of benzene rings is 2. The van der Waals surface area contributed by atoms with Gasteiger partial charge in [0.15, 0.2) is 17.3 Å². The highest BCUT2D eigenvalue weighted by Gasteiger charge is 2.44. The Bertz CT molecular complexity index is 1190. The van der Waals surface area contributed by atoms with Crippen LogP contribution in [0.15, 0.2) is 64.8 Å². The van der Waals surface area contributed by atoms with Gasteiger partial charge in [-0.2, -0.15) is 0 Å². The highest BCUT2D eigenvalue weighted by atomic mass is 16.5. The predicted octanol–water partition coefficient (Wildman–Crippen LogP) is 5.94. The molecule has 1 fully saturated rings. The zero-order valence-corrected chi connectivity index (χ0v) is 21.0. The molecule has 0 radical (unpaired) electrons. The van der Waals surface area contributed by atoms with Crippen LogP contribution < -0.4 is 9.47 Å². The van der Waals surface area contributed by atoms with Crippen molar-refractivity contribution in [3.63, 3.8) is 0 Å². The molecule has 2 aliphatic carbocycles. The largest absolute Gasteiger partial charge is 0.493 e. The molecule has 1 aliphatic heterocycles. The second-order valence-electron chi connectivity index (χ2n) is 9.87.